The Kier molecular flexibility index (Phi) is 4.48. The van der Waals surface area contributed by atoms with Crippen molar-refractivity contribution in [2.24, 2.45) is 11.1 Å². The summed E-state index contributed by atoms with van der Waals surface area (Å²) in [5.41, 5.74) is 5.94. The van der Waals surface area contributed by atoms with Crippen LogP contribution in [0.15, 0.2) is 11.4 Å². The van der Waals surface area contributed by atoms with Gasteiger partial charge in [0.1, 0.15) is 4.88 Å². The van der Waals surface area contributed by atoms with Gasteiger partial charge in [-0.3, -0.25) is 4.79 Å². The van der Waals surface area contributed by atoms with E-state index in [9.17, 15) is 9.59 Å². The molecule has 1 atom stereocenters. The first-order valence-electron chi connectivity index (χ1n) is 5.49. The third-order valence-electron chi connectivity index (χ3n) is 2.51. The molecule has 0 bridgehead atoms. The van der Waals surface area contributed by atoms with Crippen LogP contribution in [0.3, 0.4) is 0 Å². The molecule has 1 aromatic heterocycles. The van der Waals surface area contributed by atoms with Crippen molar-refractivity contribution in [2.75, 3.05) is 12.4 Å². The topological polar surface area (TPSA) is 81.4 Å². The fourth-order valence-electron chi connectivity index (χ4n) is 1.26. The Hall–Kier alpha value is -1.40. The number of hydrogen-bond acceptors (Lipinski definition) is 5. The lowest BCUT2D eigenvalue weighted by molar-refractivity contribution is -0.119. The van der Waals surface area contributed by atoms with Crippen molar-refractivity contribution in [1.29, 1.82) is 0 Å². The first-order valence-corrected chi connectivity index (χ1v) is 6.37. The van der Waals surface area contributed by atoms with E-state index in [1.807, 2.05) is 20.8 Å². The number of carbonyl (C=O) groups is 2. The minimum atomic E-state index is -0.650. The van der Waals surface area contributed by atoms with E-state index in [2.05, 4.69) is 10.1 Å². The molecule has 1 rings (SSSR count). The molecule has 0 spiro atoms. The van der Waals surface area contributed by atoms with Gasteiger partial charge in [0.15, 0.2) is 0 Å². The van der Waals surface area contributed by atoms with Crippen LogP contribution in [-0.4, -0.2) is 25.0 Å². The fraction of sp³-hybridized carbons (Fsp3) is 0.500. The van der Waals surface area contributed by atoms with E-state index in [1.165, 1.54) is 18.4 Å². The van der Waals surface area contributed by atoms with E-state index in [0.29, 0.717) is 10.6 Å². The summed E-state index contributed by atoms with van der Waals surface area (Å²) in [5.74, 6) is -0.782. The Bertz CT molecular complexity index is 448. The molecule has 0 aromatic carbocycles. The molecule has 1 amide bonds. The summed E-state index contributed by atoms with van der Waals surface area (Å²) >= 11 is 1.21. The molecule has 0 saturated carbocycles. The van der Waals surface area contributed by atoms with E-state index in [4.69, 9.17) is 5.73 Å². The van der Waals surface area contributed by atoms with E-state index >= 15 is 0 Å². The molecule has 0 radical (unpaired) electrons. The zero-order valence-corrected chi connectivity index (χ0v) is 11.8. The lowest BCUT2D eigenvalue weighted by Gasteiger charge is -2.25. The number of carbonyl (C=O) groups excluding carboxylic acids is 2. The maximum atomic E-state index is 11.9. The number of nitrogens with two attached hydrogens (primary N) is 1. The smallest absolute Gasteiger partial charge is 0.350 e. The second kappa shape index (κ2) is 5.49. The predicted octanol–water partition coefficient (Wildman–Crippen LogP) is 1.85. The lowest BCUT2D eigenvalue weighted by Crippen LogP contribution is -2.45. The van der Waals surface area contributed by atoms with Gasteiger partial charge in [-0.15, -0.1) is 11.3 Å². The normalized spacial score (nSPS) is 12.9. The highest BCUT2D eigenvalue weighted by Gasteiger charge is 2.28. The van der Waals surface area contributed by atoms with E-state index in [-0.39, 0.29) is 11.3 Å². The third kappa shape index (κ3) is 3.30. The number of nitrogens with one attached hydrogen (secondary N) is 1. The van der Waals surface area contributed by atoms with Crippen LogP contribution in [0.5, 0.6) is 0 Å². The molecular formula is C12H18N2O3S. The molecule has 6 heteroatoms. The maximum absolute atomic E-state index is 11.9. The van der Waals surface area contributed by atoms with Crippen molar-refractivity contribution >= 4 is 28.9 Å². The summed E-state index contributed by atoms with van der Waals surface area (Å²) in [6.07, 6.45) is 0. The van der Waals surface area contributed by atoms with Crippen LogP contribution < -0.4 is 11.1 Å². The molecule has 1 aromatic rings. The molecule has 0 aliphatic carbocycles. The quantitative estimate of drug-likeness (QED) is 0.821. The molecule has 0 aliphatic heterocycles. The molecule has 0 fully saturated rings. The summed E-state index contributed by atoms with van der Waals surface area (Å²) in [7, 11) is 1.30. The molecule has 18 heavy (non-hydrogen) atoms. The molecule has 5 nitrogen and oxygen atoms in total. The van der Waals surface area contributed by atoms with Crippen molar-refractivity contribution in [1.82, 2.24) is 0 Å². The van der Waals surface area contributed by atoms with Crippen molar-refractivity contribution < 1.29 is 14.3 Å². The Morgan fingerprint density at radius 2 is 2.06 bits per heavy atom. The zero-order chi connectivity index (χ0) is 13.9. The SMILES string of the molecule is COC(=O)c1sccc1NC(=O)C(N)C(C)(C)C. The van der Waals surface area contributed by atoms with Crippen LogP contribution in [0.1, 0.15) is 30.4 Å². The highest BCUT2D eigenvalue weighted by molar-refractivity contribution is 7.12. The zero-order valence-electron chi connectivity index (χ0n) is 10.9. The number of anilines is 1. The molecular weight excluding hydrogens is 252 g/mol. The lowest BCUT2D eigenvalue weighted by atomic mass is 9.87. The first kappa shape index (κ1) is 14.7. The Balaban J connectivity index is 2.83. The van der Waals surface area contributed by atoms with Gasteiger partial charge in [-0.1, -0.05) is 20.8 Å². The molecule has 0 aliphatic rings. The molecule has 100 valence electrons. The van der Waals surface area contributed by atoms with Crippen molar-refractivity contribution in [3.05, 3.63) is 16.3 Å². The monoisotopic (exact) mass is 270 g/mol. The van der Waals surface area contributed by atoms with Crippen molar-refractivity contribution in [3.8, 4) is 0 Å². The number of ether oxygens (including phenoxy) is 1. The van der Waals surface area contributed by atoms with Crippen molar-refractivity contribution in [2.45, 2.75) is 26.8 Å². The first-order chi connectivity index (χ1) is 8.27. The minimum absolute atomic E-state index is 0.314. The van der Waals surface area contributed by atoms with Crippen LogP contribution in [-0.2, 0) is 9.53 Å². The van der Waals surface area contributed by atoms with Gasteiger partial charge in [-0.25, -0.2) is 4.79 Å². The molecule has 1 unspecified atom stereocenters. The highest BCUT2D eigenvalue weighted by Crippen LogP contribution is 2.25. The second-order valence-electron chi connectivity index (χ2n) is 4.99. The average molecular weight is 270 g/mol. The Labute approximate surface area is 110 Å². The highest BCUT2D eigenvalue weighted by atomic mass is 32.1. The van der Waals surface area contributed by atoms with Gasteiger partial charge >= 0.3 is 5.97 Å². The minimum Gasteiger partial charge on any atom is -0.465 e. The number of amides is 1. The third-order valence-corrected chi connectivity index (χ3v) is 3.40. The Morgan fingerprint density at radius 3 is 2.56 bits per heavy atom. The van der Waals surface area contributed by atoms with Gasteiger partial charge in [0, 0.05) is 0 Å². The van der Waals surface area contributed by atoms with Gasteiger partial charge < -0.3 is 15.8 Å². The molecule has 1 heterocycles. The van der Waals surface area contributed by atoms with Crippen molar-refractivity contribution in [3.63, 3.8) is 0 Å². The molecule has 3 N–H and O–H groups in total. The van der Waals surface area contributed by atoms with E-state index < -0.39 is 12.0 Å². The van der Waals surface area contributed by atoms with E-state index in [1.54, 1.807) is 11.4 Å². The van der Waals surface area contributed by atoms with Crippen LogP contribution in [0, 0.1) is 5.41 Å². The summed E-state index contributed by atoms with van der Waals surface area (Å²) < 4.78 is 4.63. The van der Waals surface area contributed by atoms with E-state index in [0.717, 1.165) is 0 Å². The molecule has 0 saturated heterocycles. The van der Waals surface area contributed by atoms with Gasteiger partial charge in [0.25, 0.3) is 0 Å². The number of hydrogen-bond donors (Lipinski definition) is 2. The maximum Gasteiger partial charge on any atom is 0.350 e. The summed E-state index contributed by atoms with van der Waals surface area (Å²) in [6, 6.07) is 1.01. The van der Waals surface area contributed by atoms with Crippen LogP contribution in [0.2, 0.25) is 0 Å². The average Bonchev–Trinajstić information content (AvgIpc) is 2.73. The Morgan fingerprint density at radius 1 is 1.44 bits per heavy atom. The van der Waals surface area contributed by atoms with Gasteiger partial charge in [0.05, 0.1) is 18.8 Å². The van der Waals surface area contributed by atoms with Gasteiger partial charge in [0.2, 0.25) is 5.91 Å². The predicted molar refractivity (Wildman–Crippen MR) is 71.7 cm³/mol. The number of esters is 1. The number of methoxy groups -OCH3 is 1. The van der Waals surface area contributed by atoms with Gasteiger partial charge in [-0.05, 0) is 16.9 Å². The second-order valence-corrected chi connectivity index (χ2v) is 5.90. The standard InChI is InChI=1S/C12H18N2O3S/c1-12(2,3)9(13)10(15)14-7-5-6-18-8(7)11(16)17-4/h5-6,9H,13H2,1-4H3,(H,14,15). The van der Waals surface area contributed by atoms with Crippen LogP contribution >= 0.6 is 11.3 Å². The van der Waals surface area contributed by atoms with Crippen LogP contribution in [0.4, 0.5) is 5.69 Å². The van der Waals surface area contributed by atoms with Gasteiger partial charge in [-0.2, -0.15) is 0 Å². The summed E-state index contributed by atoms with van der Waals surface area (Å²) in [6.45, 7) is 5.64. The van der Waals surface area contributed by atoms with Crippen LogP contribution in [0.25, 0.3) is 0 Å². The number of rotatable bonds is 3. The fourth-order valence-corrected chi connectivity index (χ4v) is 2.03. The largest absolute Gasteiger partial charge is 0.465 e. The number of thiophene rings is 1. The summed E-state index contributed by atoms with van der Waals surface area (Å²) in [4.78, 5) is 23.8. The summed E-state index contributed by atoms with van der Waals surface area (Å²) in [5, 5.41) is 4.37.